The summed E-state index contributed by atoms with van der Waals surface area (Å²) in [5.74, 6) is 0.783. The minimum absolute atomic E-state index is 0. The second-order valence-electron chi connectivity index (χ2n) is 6.49. The highest BCUT2D eigenvalue weighted by molar-refractivity contribution is 14.0. The lowest BCUT2D eigenvalue weighted by Crippen LogP contribution is -2.38. The molecule has 6 nitrogen and oxygen atoms in total. The van der Waals surface area contributed by atoms with Crippen molar-refractivity contribution in [1.82, 2.24) is 15.5 Å². The van der Waals surface area contributed by atoms with Crippen LogP contribution in [0.4, 0.5) is 0 Å². The molecule has 0 atom stereocenters. The summed E-state index contributed by atoms with van der Waals surface area (Å²) in [7, 11) is 5.93. The van der Waals surface area contributed by atoms with Crippen LogP contribution in [0.1, 0.15) is 30.9 Å². The molecule has 0 aliphatic rings. The Kier molecular flexibility index (Phi) is 16.6. The second-order valence-corrected chi connectivity index (χ2v) is 6.49. The standard InChI is InChI=1S/C20H36N4O2.HI/c1-5-6-12-25-14-15-26-13-11-22-20(21-2)23-16-18-7-9-19(10-8-18)17-24(3)4;/h7-10H,5-6,11-17H2,1-4H3,(H2,21,22,23);1H. The monoisotopic (exact) mass is 492 g/mol. The molecule has 0 saturated carbocycles. The first-order valence-corrected chi connectivity index (χ1v) is 9.48. The number of ether oxygens (including phenoxy) is 2. The average Bonchev–Trinajstić information content (AvgIpc) is 2.63. The van der Waals surface area contributed by atoms with Gasteiger partial charge in [-0.3, -0.25) is 4.99 Å². The van der Waals surface area contributed by atoms with Gasteiger partial charge in [-0.15, -0.1) is 24.0 Å². The molecule has 7 heteroatoms. The summed E-state index contributed by atoms with van der Waals surface area (Å²) in [6.07, 6.45) is 2.28. The van der Waals surface area contributed by atoms with Crippen molar-refractivity contribution in [2.75, 3.05) is 54.1 Å². The van der Waals surface area contributed by atoms with Crippen LogP contribution in [-0.2, 0) is 22.6 Å². The van der Waals surface area contributed by atoms with Crippen molar-refractivity contribution in [1.29, 1.82) is 0 Å². The van der Waals surface area contributed by atoms with E-state index in [0.717, 1.165) is 45.0 Å². The zero-order valence-electron chi connectivity index (χ0n) is 17.3. The summed E-state index contributed by atoms with van der Waals surface area (Å²) in [6.45, 7) is 7.34. The van der Waals surface area contributed by atoms with Crippen LogP contribution < -0.4 is 10.6 Å². The van der Waals surface area contributed by atoms with Crippen LogP contribution in [0.3, 0.4) is 0 Å². The van der Waals surface area contributed by atoms with Crippen molar-refractivity contribution < 1.29 is 9.47 Å². The number of nitrogens with one attached hydrogen (secondary N) is 2. The maximum atomic E-state index is 5.54. The Labute approximate surface area is 182 Å². The number of hydrogen-bond donors (Lipinski definition) is 2. The number of halogens is 1. The van der Waals surface area contributed by atoms with Crippen molar-refractivity contribution in [3.8, 4) is 0 Å². The van der Waals surface area contributed by atoms with Crippen LogP contribution in [0.2, 0.25) is 0 Å². The molecule has 0 unspecified atom stereocenters. The maximum absolute atomic E-state index is 5.54. The van der Waals surface area contributed by atoms with Crippen LogP contribution in [0, 0.1) is 0 Å². The quantitative estimate of drug-likeness (QED) is 0.192. The summed E-state index contributed by atoms with van der Waals surface area (Å²) >= 11 is 0. The third kappa shape index (κ3) is 13.8. The van der Waals surface area contributed by atoms with Gasteiger partial charge in [-0.25, -0.2) is 0 Å². The Morgan fingerprint density at radius 1 is 0.963 bits per heavy atom. The molecule has 0 bridgehead atoms. The van der Waals surface area contributed by atoms with Gasteiger partial charge in [0.25, 0.3) is 0 Å². The highest BCUT2D eigenvalue weighted by Gasteiger charge is 2.00. The van der Waals surface area contributed by atoms with Crippen molar-refractivity contribution in [3.63, 3.8) is 0 Å². The normalized spacial score (nSPS) is 11.4. The minimum atomic E-state index is 0. The minimum Gasteiger partial charge on any atom is -0.379 e. The number of hydrogen-bond acceptors (Lipinski definition) is 4. The second kappa shape index (κ2) is 17.2. The van der Waals surface area contributed by atoms with E-state index in [2.05, 4.69) is 65.8 Å². The van der Waals surface area contributed by atoms with E-state index in [9.17, 15) is 0 Å². The lowest BCUT2D eigenvalue weighted by Gasteiger charge is -2.13. The number of nitrogens with zero attached hydrogens (tertiary/aromatic N) is 2. The lowest BCUT2D eigenvalue weighted by molar-refractivity contribution is 0.0487. The van der Waals surface area contributed by atoms with E-state index in [1.54, 1.807) is 7.05 Å². The average molecular weight is 492 g/mol. The van der Waals surface area contributed by atoms with E-state index in [4.69, 9.17) is 9.47 Å². The molecule has 1 aromatic rings. The number of unbranched alkanes of at least 4 members (excludes halogenated alkanes) is 1. The third-order valence-corrected chi connectivity index (χ3v) is 3.76. The molecular formula is C20H37IN4O2. The largest absolute Gasteiger partial charge is 0.379 e. The van der Waals surface area contributed by atoms with Crippen LogP contribution in [0.25, 0.3) is 0 Å². The maximum Gasteiger partial charge on any atom is 0.191 e. The zero-order valence-corrected chi connectivity index (χ0v) is 19.6. The van der Waals surface area contributed by atoms with Gasteiger partial charge in [-0.1, -0.05) is 37.6 Å². The van der Waals surface area contributed by atoms with Gasteiger partial charge in [0.05, 0.1) is 19.8 Å². The fraction of sp³-hybridized carbons (Fsp3) is 0.650. The van der Waals surface area contributed by atoms with E-state index in [0.29, 0.717) is 19.8 Å². The van der Waals surface area contributed by atoms with Crippen LogP contribution in [0.15, 0.2) is 29.3 Å². The molecule has 0 heterocycles. The lowest BCUT2D eigenvalue weighted by atomic mass is 10.1. The van der Waals surface area contributed by atoms with Gasteiger partial charge in [-0.2, -0.15) is 0 Å². The van der Waals surface area contributed by atoms with Gasteiger partial charge >= 0.3 is 0 Å². The van der Waals surface area contributed by atoms with E-state index >= 15 is 0 Å². The molecule has 2 N–H and O–H groups in total. The first kappa shape index (κ1) is 26.1. The molecule has 0 radical (unpaired) electrons. The van der Waals surface area contributed by atoms with Crippen molar-refractivity contribution in [3.05, 3.63) is 35.4 Å². The number of rotatable bonds is 13. The van der Waals surface area contributed by atoms with Gasteiger partial charge in [0.2, 0.25) is 0 Å². The Morgan fingerprint density at radius 3 is 2.19 bits per heavy atom. The summed E-state index contributed by atoms with van der Waals surface area (Å²) in [5.41, 5.74) is 2.55. The molecule has 156 valence electrons. The fourth-order valence-corrected chi connectivity index (χ4v) is 2.34. The Hall–Kier alpha value is -0.900. The SMILES string of the molecule is CCCCOCCOCCNC(=NC)NCc1ccc(CN(C)C)cc1.I. The Balaban J connectivity index is 0.00000676. The van der Waals surface area contributed by atoms with Crippen molar-refractivity contribution in [2.45, 2.75) is 32.9 Å². The van der Waals surface area contributed by atoms with E-state index in [1.807, 2.05) is 0 Å². The summed E-state index contributed by atoms with van der Waals surface area (Å²) in [6, 6.07) is 8.65. The first-order valence-electron chi connectivity index (χ1n) is 9.48. The van der Waals surface area contributed by atoms with Crippen LogP contribution in [-0.4, -0.2) is 65.0 Å². The summed E-state index contributed by atoms with van der Waals surface area (Å²) < 4.78 is 11.0. The van der Waals surface area contributed by atoms with Gasteiger partial charge in [0.15, 0.2) is 5.96 Å². The Morgan fingerprint density at radius 2 is 1.59 bits per heavy atom. The fourth-order valence-electron chi connectivity index (χ4n) is 2.34. The number of benzene rings is 1. The molecule has 0 amide bonds. The van der Waals surface area contributed by atoms with E-state index < -0.39 is 0 Å². The molecule has 27 heavy (non-hydrogen) atoms. The number of aliphatic imine (C=N–C) groups is 1. The van der Waals surface area contributed by atoms with E-state index in [-0.39, 0.29) is 24.0 Å². The van der Waals surface area contributed by atoms with E-state index in [1.165, 1.54) is 11.1 Å². The molecule has 0 aliphatic carbocycles. The van der Waals surface area contributed by atoms with Crippen molar-refractivity contribution in [2.24, 2.45) is 4.99 Å². The van der Waals surface area contributed by atoms with Gasteiger partial charge in [-0.05, 0) is 31.6 Å². The third-order valence-electron chi connectivity index (χ3n) is 3.76. The first-order chi connectivity index (χ1) is 12.7. The molecule has 1 rings (SSSR count). The summed E-state index contributed by atoms with van der Waals surface area (Å²) in [5, 5.41) is 6.57. The van der Waals surface area contributed by atoms with Gasteiger partial charge in [0.1, 0.15) is 0 Å². The Bertz CT molecular complexity index is 495. The molecule has 0 aliphatic heterocycles. The van der Waals surface area contributed by atoms with Gasteiger partial charge < -0.3 is 25.0 Å². The molecule has 0 spiro atoms. The predicted molar refractivity (Wildman–Crippen MR) is 124 cm³/mol. The molecule has 0 saturated heterocycles. The number of guanidine groups is 1. The highest BCUT2D eigenvalue weighted by Crippen LogP contribution is 2.05. The highest BCUT2D eigenvalue weighted by atomic mass is 127. The van der Waals surface area contributed by atoms with Crippen molar-refractivity contribution >= 4 is 29.9 Å². The summed E-state index contributed by atoms with van der Waals surface area (Å²) in [4.78, 5) is 6.40. The van der Waals surface area contributed by atoms with Crippen LogP contribution >= 0.6 is 24.0 Å². The molecular weight excluding hydrogens is 455 g/mol. The smallest absolute Gasteiger partial charge is 0.191 e. The molecule has 1 aromatic carbocycles. The molecule has 0 fully saturated rings. The molecule has 0 aromatic heterocycles. The zero-order chi connectivity index (χ0) is 19.0. The topological polar surface area (TPSA) is 58.1 Å². The predicted octanol–water partition coefficient (Wildman–Crippen LogP) is 2.86. The van der Waals surface area contributed by atoms with Gasteiger partial charge in [0, 0.05) is 33.3 Å². The van der Waals surface area contributed by atoms with Crippen LogP contribution in [0.5, 0.6) is 0 Å².